The summed E-state index contributed by atoms with van der Waals surface area (Å²) < 4.78 is 15.2. The van der Waals surface area contributed by atoms with Gasteiger partial charge >= 0.3 is 0 Å². The normalized spacial score (nSPS) is 20.9. The van der Waals surface area contributed by atoms with Crippen molar-refractivity contribution in [1.82, 2.24) is 30.0 Å². The van der Waals surface area contributed by atoms with Crippen LogP contribution in [0.15, 0.2) is 24.3 Å². The van der Waals surface area contributed by atoms with Gasteiger partial charge in [-0.15, -0.1) is 5.10 Å². The van der Waals surface area contributed by atoms with Gasteiger partial charge in [0.15, 0.2) is 0 Å². The zero-order valence-corrected chi connectivity index (χ0v) is 18.8. The molecule has 8 nitrogen and oxygen atoms in total. The molecule has 0 unspecified atom stereocenters. The summed E-state index contributed by atoms with van der Waals surface area (Å²) in [4.78, 5) is 30.3. The Morgan fingerprint density at radius 3 is 2.59 bits per heavy atom. The van der Waals surface area contributed by atoms with Crippen LogP contribution in [0.3, 0.4) is 0 Å². The lowest BCUT2D eigenvalue weighted by molar-refractivity contribution is -0.143. The van der Waals surface area contributed by atoms with Crippen LogP contribution in [0.1, 0.15) is 50.0 Å². The van der Waals surface area contributed by atoms with Crippen LogP contribution in [-0.4, -0.2) is 68.0 Å². The molecule has 2 amide bonds. The molecular weight excluding hydrogens is 411 g/mol. The van der Waals surface area contributed by atoms with E-state index in [1.807, 2.05) is 4.90 Å². The van der Waals surface area contributed by atoms with E-state index >= 15 is 0 Å². The third-order valence-electron chi connectivity index (χ3n) is 6.68. The molecule has 1 aromatic carbocycles. The van der Waals surface area contributed by atoms with E-state index in [1.54, 1.807) is 24.0 Å². The van der Waals surface area contributed by atoms with Crippen molar-refractivity contribution in [2.45, 2.75) is 52.0 Å². The molecule has 2 aliphatic rings. The molecule has 2 aliphatic heterocycles. The molecule has 2 fully saturated rings. The second-order valence-electron chi connectivity index (χ2n) is 9.15. The van der Waals surface area contributed by atoms with Crippen molar-refractivity contribution in [3.05, 3.63) is 41.5 Å². The lowest BCUT2D eigenvalue weighted by atomic mass is 9.92. The molecule has 9 heteroatoms. The van der Waals surface area contributed by atoms with E-state index in [-0.39, 0.29) is 23.5 Å². The summed E-state index contributed by atoms with van der Waals surface area (Å²) in [6.45, 7) is 6.68. The maximum atomic E-state index is 13.7. The van der Waals surface area contributed by atoms with Crippen LogP contribution < -0.4 is 0 Å². The highest BCUT2D eigenvalue weighted by atomic mass is 19.1. The van der Waals surface area contributed by atoms with Gasteiger partial charge in [0.05, 0.1) is 0 Å². The van der Waals surface area contributed by atoms with Gasteiger partial charge in [-0.05, 0) is 66.6 Å². The number of benzene rings is 1. The van der Waals surface area contributed by atoms with Crippen molar-refractivity contribution < 1.29 is 14.0 Å². The fourth-order valence-electron chi connectivity index (χ4n) is 4.90. The minimum absolute atomic E-state index is 0.0270. The Morgan fingerprint density at radius 1 is 1.16 bits per heavy atom. The van der Waals surface area contributed by atoms with Gasteiger partial charge in [0.1, 0.15) is 17.7 Å². The summed E-state index contributed by atoms with van der Waals surface area (Å²) in [7, 11) is 0. The van der Waals surface area contributed by atoms with E-state index in [0.29, 0.717) is 49.7 Å². The Kier molecular flexibility index (Phi) is 6.81. The molecule has 0 bridgehead atoms. The number of rotatable bonds is 5. The molecule has 0 saturated carbocycles. The lowest BCUT2D eigenvalue weighted by Gasteiger charge is -2.38. The standard InChI is InChI=1S/C23H31FN6O2/c1-16-5-4-10-29(15-16)22(31)19-8-11-28(12-9-19)23(32)21(30-17(2)25-26-27-30)14-18-6-3-7-20(24)13-18/h3,6-7,13,16,19,21H,4-5,8-12,14-15H2,1-2H3/t16-,21-/m0/s1. The first-order chi connectivity index (χ1) is 15.4. The number of amides is 2. The van der Waals surface area contributed by atoms with Gasteiger partial charge < -0.3 is 9.80 Å². The van der Waals surface area contributed by atoms with E-state index in [2.05, 4.69) is 22.4 Å². The molecule has 32 heavy (non-hydrogen) atoms. The van der Waals surface area contributed by atoms with Crippen molar-refractivity contribution in [3.8, 4) is 0 Å². The van der Waals surface area contributed by atoms with Crippen molar-refractivity contribution in [3.63, 3.8) is 0 Å². The van der Waals surface area contributed by atoms with Gasteiger partial charge in [-0.25, -0.2) is 9.07 Å². The van der Waals surface area contributed by atoms with Gasteiger partial charge in [-0.3, -0.25) is 9.59 Å². The smallest absolute Gasteiger partial charge is 0.247 e. The molecule has 3 heterocycles. The van der Waals surface area contributed by atoms with Crippen molar-refractivity contribution >= 4 is 11.8 Å². The molecule has 2 aromatic rings. The SMILES string of the molecule is Cc1nnnn1[C@@H](Cc1cccc(F)c1)C(=O)N1CCC(C(=O)N2CCC[C@H](C)C2)CC1. The fourth-order valence-corrected chi connectivity index (χ4v) is 4.90. The van der Waals surface area contributed by atoms with E-state index in [0.717, 1.165) is 19.5 Å². The Labute approximate surface area is 187 Å². The van der Waals surface area contributed by atoms with Crippen LogP contribution in [0.4, 0.5) is 4.39 Å². The van der Waals surface area contributed by atoms with E-state index < -0.39 is 6.04 Å². The Hall–Kier alpha value is -2.84. The lowest BCUT2D eigenvalue weighted by Crippen LogP contribution is -2.48. The number of halogens is 1. The number of carbonyl (C=O) groups excluding carboxylic acids is 2. The maximum Gasteiger partial charge on any atom is 0.247 e. The van der Waals surface area contributed by atoms with Gasteiger partial charge in [0.2, 0.25) is 11.8 Å². The molecule has 2 atom stereocenters. The van der Waals surface area contributed by atoms with Crippen LogP contribution >= 0.6 is 0 Å². The molecule has 1 aromatic heterocycles. The van der Waals surface area contributed by atoms with Crippen LogP contribution in [0.2, 0.25) is 0 Å². The zero-order valence-electron chi connectivity index (χ0n) is 18.8. The first-order valence-corrected chi connectivity index (χ1v) is 11.5. The van der Waals surface area contributed by atoms with Crippen LogP contribution in [0.5, 0.6) is 0 Å². The second kappa shape index (κ2) is 9.75. The highest BCUT2D eigenvalue weighted by Crippen LogP contribution is 2.26. The molecule has 4 rings (SSSR count). The second-order valence-corrected chi connectivity index (χ2v) is 9.15. The summed E-state index contributed by atoms with van der Waals surface area (Å²) in [6, 6.07) is 5.60. The predicted molar refractivity (Wildman–Crippen MR) is 116 cm³/mol. The Balaban J connectivity index is 1.43. The molecule has 0 N–H and O–H groups in total. The molecule has 2 saturated heterocycles. The monoisotopic (exact) mass is 442 g/mol. The first kappa shape index (κ1) is 22.4. The van der Waals surface area contributed by atoms with E-state index in [9.17, 15) is 14.0 Å². The molecule has 172 valence electrons. The average Bonchev–Trinajstić information content (AvgIpc) is 3.22. The zero-order chi connectivity index (χ0) is 22.7. The minimum Gasteiger partial charge on any atom is -0.342 e. The number of nitrogens with zero attached hydrogens (tertiary/aromatic N) is 6. The van der Waals surface area contributed by atoms with Crippen LogP contribution in [0, 0.1) is 24.6 Å². The first-order valence-electron chi connectivity index (χ1n) is 11.5. The van der Waals surface area contributed by atoms with Crippen LogP contribution in [-0.2, 0) is 16.0 Å². The number of aromatic nitrogens is 4. The molecule has 0 radical (unpaired) electrons. The number of carbonyl (C=O) groups is 2. The summed E-state index contributed by atoms with van der Waals surface area (Å²) in [6.07, 6.45) is 3.87. The number of aryl methyl sites for hydroxylation is 1. The van der Waals surface area contributed by atoms with Gasteiger partial charge in [-0.2, -0.15) is 0 Å². The predicted octanol–water partition coefficient (Wildman–Crippen LogP) is 2.40. The van der Waals surface area contributed by atoms with Crippen LogP contribution in [0.25, 0.3) is 0 Å². The quantitative estimate of drug-likeness (QED) is 0.710. The highest BCUT2D eigenvalue weighted by molar-refractivity contribution is 5.82. The summed E-state index contributed by atoms with van der Waals surface area (Å²) in [5.41, 5.74) is 0.711. The van der Waals surface area contributed by atoms with Crippen molar-refractivity contribution in [2.75, 3.05) is 26.2 Å². The van der Waals surface area contributed by atoms with Crippen molar-refractivity contribution in [2.24, 2.45) is 11.8 Å². The van der Waals surface area contributed by atoms with Gasteiger partial charge in [-0.1, -0.05) is 19.1 Å². The summed E-state index contributed by atoms with van der Waals surface area (Å²) >= 11 is 0. The fraction of sp³-hybridized carbons (Fsp3) is 0.609. The minimum atomic E-state index is -0.651. The highest BCUT2D eigenvalue weighted by Gasteiger charge is 2.35. The Bertz CT molecular complexity index is 955. The van der Waals surface area contributed by atoms with Gasteiger partial charge in [0, 0.05) is 38.5 Å². The Morgan fingerprint density at radius 2 is 1.94 bits per heavy atom. The van der Waals surface area contributed by atoms with E-state index in [1.165, 1.54) is 23.2 Å². The summed E-state index contributed by atoms with van der Waals surface area (Å²) in [5, 5.41) is 11.6. The number of tetrazole rings is 1. The number of hydrogen-bond donors (Lipinski definition) is 0. The third-order valence-corrected chi connectivity index (χ3v) is 6.68. The molecule has 0 aliphatic carbocycles. The third kappa shape index (κ3) is 4.97. The number of likely N-dealkylation sites (tertiary alicyclic amines) is 2. The number of hydrogen-bond acceptors (Lipinski definition) is 5. The molecule has 0 spiro atoms. The maximum absolute atomic E-state index is 13.7. The van der Waals surface area contributed by atoms with Gasteiger partial charge in [0.25, 0.3) is 0 Å². The topological polar surface area (TPSA) is 84.2 Å². The van der Waals surface area contributed by atoms with Crippen molar-refractivity contribution in [1.29, 1.82) is 0 Å². The largest absolute Gasteiger partial charge is 0.342 e. The average molecular weight is 443 g/mol. The van der Waals surface area contributed by atoms with E-state index in [4.69, 9.17) is 0 Å². The number of piperidine rings is 2. The summed E-state index contributed by atoms with van der Waals surface area (Å²) in [5.74, 6) is 0.856. The molecular formula is C23H31FN6O2.